The standard InChI is InChI=1S/C10H13F2N3/c1-10(11,12)8-4-2-7(3-5-8)6-15-9(13)14/h2-5H,6H2,1H3,(H4,13,14,15). The molecule has 0 aliphatic heterocycles. The minimum absolute atomic E-state index is 0.0140. The van der Waals surface area contributed by atoms with E-state index in [0.717, 1.165) is 12.5 Å². The van der Waals surface area contributed by atoms with Gasteiger partial charge in [0.2, 0.25) is 0 Å². The van der Waals surface area contributed by atoms with E-state index in [4.69, 9.17) is 11.5 Å². The molecule has 0 unspecified atom stereocenters. The lowest BCUT2D eigenvalue weighted by Crippen LogP contribution is -2.22. The molecule has 0 amide bonds. The highest BCUT2D eigenvalue weighted by Crippen LogP contribution is 2.26. The molecule has 0 saturated carbocycles. The van der Waals surface area contributed by atoms with Crippen LogP contribution in [0.1, 0.15) is 18.1 Å². The number of nitrogens with two attached hydrogens (primary N) is 2. The fourth-order valence-corrected chi connectivity index (χ4v) is 1.09. The van der Waals surface area contributed by atoms with Gasteiger partial charge in [0, 0.05) is 12.5 Å². The summed E-state index contributed by atoms with van der Waals surface area (Å²) in [6.45, 7) is 1.16. The van der Waals surface area contributed by atoms with Gasteiger partial charge in [-0.2, -0.15) is 0 Å². The molecule has 1 aromatic carbocycles. The van der Waals surface area contributed by atoms with Gasteiger partial charge in [-0.15, -0.1) is 0 Å². The minimum atomic E-state index is -2.81. The Morgan fingerprint density at radius 2 is 1.80 bits per heavy atom. The molecule has 0 fully saturated rings. The van der Waals surface area contributed by atoms with Crippen LogP contribution in [-0.4, -0.2) is 5.96 Å². The van der Waals surface area contributed by atoms with E-state index in [0.29, 0.717) is 6.54 Å². The number of hydrogen-bond acceptors (Lipinski definition) is 1. The third-order valence-electron chi connectivity index (χ3n) is 1.91. The summed E-state index contributed by atoms with van der Waals surface area (Å²) in [4.78, 5) is 3.77. The van der Waals surface area contributed by atoms with E-state index < -0.39 is 5.92 Å². The lowest BCUT2D eigenvalue weighted by atomic mass is 10.1. The van der Waals surface area contributed by atoms with Crippen LogP contribution in [0.25, 0.3) is 0 Å². The number of benzene rings is 1. The summed E-state index contributed by atoms with van der Waals surface area (Å²) in [5.74, 6) is -2.82. The second kappa shape index (κ2) is 4.25. The van der Waals surface area contributed by atoms with Crippen LogP contribution in [0.4, 0.5) is 8.78 Å². The average molecular weight is 213 g/mol. The number of hydrogen-bond donors (Lipinski definition) is 2. The molecule has 5 heteroatoms. The van der Waals surface area contributed by atoms with Crippen molar-refractivity contribution in [1.29, 1.82) is 0 Å². The largest absolute Gasteiger partial charge is 0.370 e. The molecule has 0 aliphatic carbocycles. The first-order valence-electron chi connectivity index (χ1n) is 4.42. The Labute approximate surface area is 86.8 Å². The van der Waals surface area contributed by atoms with E-state index >= 15 is 0 Å². The molecule has 0 radical (unpaired) electrons. The Balaban J connectivity index is 2.77. The van der Waals surface area contributed by atoms with Crippen molar-refractivity contribution >= 4 is 5.96 Å². The second-order valence-electron chi connectivity index (χ2n) is 3.33. The Hall–Kier alpha value is -1.65. The topological polar surface area (TPSA) is 64.4 Å². The Morgan fingerprint density at radius 1 is 1.27 bits per heavy atom. The van der Waals surface area contributed by atoms with Gasteiger partial charge in [0.25, 0.3) is 5.92 Å². The van der Waals surface area contributed by atoms with E-state index in [1.807, 2.05) is 0 Å². The molecule has 0 atom stereocenters. The maximum atomic E-state index is 12.8. The van der Waals surface area contributed by atoms with Crippen LogP contribution in [-0.2, 0) is 12.5 Å². The highest BCUT2D eigenvalue weighted by Gasteiger charge is 2.23. The van der Waals surface area contributed by atoms with Gasteiger partial charge in [0.15, 0.2) is 5.96 Å². The first-order valence-corrected chi connectivity index (χ1v) is 4.42. The Morgan fingerprint density at radius 3 is 2.20 bits per heavy atom. The molecule has 0 spiro atoms. The van der Waals surface area contributed by atoms with Crippen LogP contribution < -0.4 is 11.5 Å². The second-order valence-corrected chi connectivity index (χ2v) is 3.33. The number of alkyl halides is 2. The molecule has 0 saturated heterocycles. The third kappa shape index (κ3) is 3.53. The lowest BCUT2D eigenvalue weighted by molar-refractivity contribution is 0.0174. The maximum Gasteiger partial charge on any atom is 0.270 e. The van der Waals surface area contributed by atoms with E-state index in [1.165, 1.54) is 12.1 Å². The molecule has 1 rings (SSSR count). The maximum absolute atomic E-state index is 12.8. The summed E-state index contributed by atoms with van der Waals surface area (Å²) in [6.07, 6.45) is 0. The molecule has 0 bridgehead atoms. The molecule has 3 nitrogen and oxygen atoms in total. The first-order chi connectivity index (χ1) is 6.89. The molecule has 4 N–H and O–H groups in total. The molecule has 1 aromatic rings. The molecule has 82 valence electrons. The van der Waals surface area contributed by atoms with Crippen LogP contribution in [0.3, 0.4) is 0 Å². The fourth-order valence-electron chi connectivity index (χ4n) is 1.09. The lowest BCUT2D eigenvalue weighted by Gasteiger charge is -2.10. The van der Waals surface area contributed by atoms with Gasteiger partial charge in [-0.25, -0.2) is 13.8 Å². The van der Waals surface area contributed by atoms with E-state index in [1.54, 1.807) is 12.1 Å². The smallest absolute Gasteiger partial charge is 0.270 e. The number of guanidine groups is 1. The zero-order valence-corrected chi connectivity index (χ0v) is 8.37. The fraction of sp³-hybridized carbons (Fsp3) is 0.300. The quantitative estimate of drug-likeness (QED) is 0.591. The Kier molecular flexibility index (Phi) is 3.24. The number of aliphatic imine (C=N–C) groups is 1. The molecule has 15 heavy (non-hydrogen) atoms. The Bertz CT molecular complexity index is 348. The zero-order valence-electron chi connectivity index (χ0n) is 8.37. The van der Waals surface area contributed by atoms with Gasteiger partial charge in [-0.3, -0.25) is 0 Å². The monoisotopic (exact) mass is 213 g/mol. The van der Waals surface area contributed by atoms with Crippen molar-refractivity contribution in [3.8, 4) is 0 Å². The van der Waals surface area contributed by atoms with Crippen molar-refractivity contribution in [1.82, 2.24) is 0 Å². The highest BCUT2D eigenvalue weighted by molar-refractivity contribution is 5.75. The van der Waals surface area contributed by atoms with Gasteiger partial charge >= 0.3 is 0 Å². The zero-order chi connectivity index (χ0) is 11.5. The van der Waals surface area contributed by atoms with Gasteiger partial charge in [0.05, 0.1) is 6.54 Å². The van der Waals surface area contributed by atoms with Crippen LogP contribution >= 0.6 is 0 Å². The van der Waals surface area contributed by atoms with Crippen molar-refractivity contribution in [2.24, 2.45) is 16.5 Å². The predicted molar refractivity (Wildman–Crippen MR) is 55.5 cm³/mol. The number of rotatable bonds is 3. The van der Waals surface area contributed by atoms with E-state index in [2.05, 4.69) is 4.99 Å². The van der Waals surface area contributed by atoms with Crippen molar-refractivity contribution < 1.29 is 8.78 Å². The van der Waals surface area contributed by atoms with Gasteiger partial charge in [-0.1, -0.05) is 24.3 Å². The van der Waals surface area contributed by atoms with E-state index in [9.17, 15) is 8.78 Å². The van der Waals surface area contributed by atoms with Crippen LogP contribution in [0.15, 0.2) is 29.3 Å². The number of nitrogens with zero attached hydrogens (tertiary/aromatic N) is 1. The van der Waals surface area contributed by atoms with Gasteiger partial charge in [0.1, 0.15) is 0 Å². The molecule has 0 heterocycles. The normalized spacial score (nSPS) is 11.1. The first kappa shape index (κ1) is 11.4. The summed E-state index contributed by atoms with van der Waals surface area (Å²) >= 11 is 0. The summed E-state index contributed by atoms with van der Waals surface area (Å²) < 4.78 is 25.7. The van der Waals surface area contributed by atoms with E-state index in [-0.39, 0.29) is 11.5 Å². The van der Waals surface area contributed by atoms with Crippen molar-refractivity contribution in [3.63, 3.8) is 0 Å². The average Bonchev–Trinajstić information content (AvgIpc) is 2.14. The predicted octanol–water partition coefficient (Wildman–Crippen LogP) is 1.57. The van der Waals surface area contributed by atoms with Gasteiger partial charge < -0.3 is 11.5 Å². The molecule has 0 aromatic heterocycles. The summed E-state index contributed by atoms with van der Waals surface area (Å²) in [7, 11) is 0. The summed E-state index contributed by atoms with van der Waals surface area (Å²) in [5, 5.41) is 0. The van der Waals surface area contributed by atoms with Crippen molar-refractivity contribution in [2.75, 3.05) is 0 Å². The molecular formula is C10H13F2N3. The van der Waals surface area contributed by atoms with Crippen LogP contribution in [0, 0.1) is 0 Å². The number of halogens is 2. The van der Waals surface area contributed by atoms with Crippen LogP contribution in [0.5, 0.6) is 0 Å². The summed E-state index contributed by atoms with van der Waals surface area (Å²) in [6, 6.07) is 5.91. The SMILES string of the molecule is CC(F)(F)c1ccc(CN=C(N)N)cc1. The molecular weight excluding hydrogens is 200 g/mol. The third-order valence-corrected chi connectivity index (χ3v) is 1.91. The van der Waals surface area contributed by atoms with Gasteiger partial charge in [-0.05, 0) is 5.56 Å². The van der Waals surface area contributed by atoms with Crippen LogP contribution in [0.2, 0.25) is 0 Å². The minimum Gasteiger partial charge on any atom is -0.370 e. The van der Waals surface area contributed by atoms with Crippen molar-refractivity contribution in [3.05, 3.63) is 35.4 Å². The summed E-state index contributed by atoms with van der Waals surface area (Å²) in [5.41, 5.74) is 11.1. The van der Waals surface area contributed by atoms with Crippen molar-refractivity contribution in [2.45, 2.75) is 19.4 Å². The highest BCUT2D eigenvalue weighted by atomic mass is 19.3. The molecule has 0 aliphatic rings.